The van der Waals surface area contributed by atoms with Gasteiger partial charge in [0.2, 0.25) is 11.8 Å². The minimum atomic E-state index is -3.84. The number of hydrogen-bond donors (Lipinski definition) is 2. The predicted octanol–water partition coefficient (Wildman–Crippen LogP) is 1.41. The van der Waals surface area contributed by atoms with E-state index in [1.165, 1.54) is 0 Å². The van der Waals surface area contributed by atoms with E-state index in [2.05, 4.69) is 10.6 Å². The normalized spacial score (nSPS) is 10.9. The van der Waals surface area contributed by atoms with Crippen LogP contribution >= 0.6 is 0 Å². The molecule has 0 saturated carbocycles. The Hall–Kier alpha value is -2.87. The molecule has 27 heavy (non-hydrogen) atoms. The Morgan fingerprint density at radius 1 is 0.926 bits per heavy atom. The van der Waals surface area contributed by atoms with Gasteiger partial charge in [-0.1, -0.05) is 30.3 Å². The molecule has 0 radical (unpaired) electrons. The van der Waals surface area contributed by atoms with E-state index in [-0.39, 0.29) is 0 Å². The summed E-state index contributed by atoms with van der Waals surface area (Å²) in [5.41, 5.74) is 1.49. The first kappa shape index (κ1) is 20.4. The van der Waals surface area contributed by atoms with Gasteiger partial charge in [-0.3, -0.25) is 9.59 Å². The van der Waals surface area contributed by atoms with Crippen molar-refractivity contribution in [1.82, 2.24) is 5.32 Å². The quantitative estimate of drug-likeness (QED) is 0.674. The van der Waals surface area contributed by atoms with Crippen molar-refractivity contribution in [2.24, 2.45) is 0 Å². The molecule has 0 aliphatic heterocycles. The average Bonchev–Trinajstić information content (AvgIpc) is 2.62. The fourth-order valence-electron chi connectivity index (χ4n) is 2.36. The number of benzene rings is 2. The van der Waals surface area contributed by atoms with E-state index in [4.69, 9.17) is 4.74 Å². The first-order valence-electron chi connectivity index (χ1n) is 8.33. The predicted molar refractivity (Wildman–Crippen MR) is 103 cm³/mol. The number of sulfone groups is 1. The van der Waals surface area contributed by atoms with Crippen LogP contribution in [0.2, 0.25) is 0 Å². The van der Waals surface area contributed by atoms with Crippen molar-refractivity contribution < 1.29 is 22.7 Å². The molecule has 0 aliphatic carbocycles. The Morgan fingerprint density at radius 3 is 2.19 bits per heavy atom. The molecule has 0 bridgehead atoms. The summed E-state index contributed by atoms with van der Waals surface area (Å²) in [6.45, 7) is 0.302. The summed E-state index contributed by atoms with van der Waals surface area (Å²) >= 11 is 0. The third-order valence-corrected chi connectivity index (χ3v) is 5.06. The molecule has 0 aliphatic rings. The molecule has 0 aromatic heterocycles. The fourth-order valence-corrected chi connectivity index (χ4v) is 3.43. The number of hydrogen-bond acceptors (Lipinski definition) is 5. The van der Waals surface area contributed by atoms with Crippen LogP contribution < -0.4 is 15.4 Å². The van der Waals surface area contributed by atoms with Gasteiger partial charge in [0.25, 0.3) is 0 Å². The zero-order valence-corrected chi connectivity index (χ0v) is 15.8. The van der Waals surface area contributed by atoms with Gasteiger partial charge in [0, 0.05) is 12.2 Å². The van der Waals surface area contributed by atoms with Crippen molar-refractivity contribution in [1.29, 1.82) is 0 Å². The first-order valence-corrected chi connectivity index (χ1v) is 10.1. The number of ether oxygens (including phenoxy) is 1. The highest BCUT2D eigenvalue weighted by Crippen LogP contribution is 2.11. The lowest BCUT2D eigenvalue weighted by Crippen LogP contribution is -2.35. The molecule has 0 saturated heterocycles. The van der Waals surface area contributed by atoms with Gasteiger partial charge in [-0.15, -0.1) is 0 Å². The molecule has 0 atom stereocenters. The Bertz CT molecular complexity index is 865. The molecular weight excluding hydrogens is 368 g/mol. The van der Waals surface area contributed by atoms with Crippen molar-refractivity contribution in [2.75, 3.05) is 30.5 Å². The fraction of sp³-hybridized carbons (Fsp3) is 0.263. The number of rotatable bonds is 9. The van der Waals surface area contributed by atoms with Crippen molar-refractivity contribution in [3.63, 3.8) is 0 Å². The zero-order chi connectivity index (χ0) is 19.7. The van der Waals surface area contributed by atoms with Gasteiger partial charge < -0.3 is 15.4 Å². The molecular formula is C19H22N2O5S. The highest BCUT2D eigenvalue weighted by Gasteiger charge is 2.20. The third kappa shape index (κ3) is 7.49. The maximum absolute atomic E-state index is 12.0. The SMILES string of the molecule is COc1ccc(CCNC(=O)CS(=O)(=O)CC(=O)Nc2ccccc2)cc1. The number of carbonyl (C=O) groups is 2. The number of methoxy groups -OCH3 is 1. The first-order chi connectivity index (χ1) is 12.9. The molecule has 2 N–H and O–H groups in total. The van der Waals surface area contributed by atoms with Crippen LogP contribution in [0.4, 0.5) is 5.69 Å². The van der Waals surface area contributed by atoms with Crippen LogP contribution in [0.3, 0.4) is 0 Å². The molecule has 0 spiro atoms. The lowest BCUT2D eigenvalue weighted by atomic mass is 10.1. The maximum atomic E-state index is 12.0. The zero-order valence-electron chi connectivity index (χ0n) is 15.0. The third-order valence-electron chi connectivity index (χ3n) is 3.65. The molecule has 0 heterocycles. The van der Waals surface area contributed by atoms with E-state index in [0.717, 1.165) is 11.3 Å². The van der Waals surface area contributed by atoms with Crippen LogP contribution in [0.1, 0.15) is 5.56 Å². The monoisotopic (exact) mass is 390 g/mol. The van der Waals surface area contributed by atoms with Crippen LogP contribution in [0.5, 0.6) is 5.75 Å². The molecule has 144 valence electrons. The number of carbonyl (C=O) groups excluding carboxylic acids is 2. The number of para-hydroxylation sites is 1. The van der Waals surface area contributed by atoms with Crippen LogP contribution in [-0.4, -0.2) is 45.4 Å². The van der Waals surface area contributed by atoms with Crippen LogP contribution in [0.15, 0.2) is 54.6 Å². The van der Waals surface area contributed by atoms with E-state index in [1.54, 1.807) is 37.4 Å². The second-order valence-electron chi connectivity index (χ2n) is 5.89. The Morgan fingerprint density at radius 2 is 1.56 bits per heavy atom. The van der Waals surface area contributed by atoms with Gasteiger partial charge in [0.05, 0.1) is 7.11 Å². The topological polar surface area (TPSA) is 102 Å². The smallest absolute Gasteiger partial charge is 0.239 e. The largest absolute Gasteiger partial charge is 0.497 e. The van der Waals surface area contributed by atoms with Gasteiger partial charge in [0.15, 0.2) is 9.84 Å². The Labute approximate surface area is 158 Å². The Balaban J connectivity index is 1.75. The molecule has 2 rings (SSSR count). The Kier molecular flexibility index (Phi) is 7.36. The van der Waals surface area contributed by atoms with Gasteiger partial charge in [0.1, 0.15) is 17.3 Å². The van der Waals surface area contributed by atoms with E-state index >= 15 is 0 Å². The number of nitrogens with one attached hydrogen (secondary N) is 2. The van der Waals surface area contributed by atoms with Crippen molar-refractivity contribution >= 4 is 27.3 Å². The van der Waals surface area contributed by atoms with E-state index in [1.807, 2.05) is 24.3 Å². The molecule has 2 aromatic carbocycles. The molecule has 2 amide bonds. The highest BCUT2D eigenvalue weighted by molar-refractivity contribution is 7.92. The van der Waals surface area contributed by atoms with Crippen LogP contribution in [0, 0.1) is 0 Å². The molecule has 2 aromatic rings. The summed E-state index contributed by atoms with van der Waals surface area (Å²) in [7, 11) is -2.27. The molecule has 0 unspecified atom stereocenters. The lowest BCUT2D eigenvalue weighted by Gasteiger charge is -2.08. The van der Waals surface area contributed by atoms with Gasteiger partial charge in [-0.25, -0.2) is 8.42 Å². The molecule has 7 nitrogen and oxygen atoms in total. The highest BCUT2D eigenvalue weighted by atomic mass is 32.2. The molecule has 0 fully saturated rings. The second-order valence-corrected chi connectivity index (χ2v) is 7.96. The van der Waals surface area contributed by atoms with Gasteiger partial charge >= 0.3 is 0 Å². The summed E-state index contributed by atoms with van der Waals surface area (Å²) in [6, 6.07) is 15.9. The lowest BCUT2D eigenvalue weighted by molar-refractivity contribution is -0.118. The minimum Gasteiger partial charge on any atom is -0.497 e. The van der Waals surface area contributed by atoms with E-state index < -0.39 is 33.2 Å². The van der Waals surface area contributed by atoms with E-state index in [9.17, 15) is 18.0 Å². The number of amides is 2. The van der Waals surface area contributed by atoms with Crippen molar-refractivity contribution in [2.45, 2.75) is 6.42 Å². The summed E-state index contributed by atoms with van der Waals surface area (Å²) in [4.78, 5) is 23.7. The summed E-state index contributed by atoms with van der Waals surface area (Å²) in [6.07, 6.45) is 0.560. The summed E-state index contributed by atoms with van der Waals surface area (Å²) < 4.78 is 29.1. The van der Waals surface area contributed by atoms with Crippen molar-refractivity contribution in [3.8, 4) is 5.75 Å². The maximum Gasteiger partial charge on any atom is 0.239 e. The van der Waals surface area contributed by atoms with E-state index in [0.29, 0.717) is 18.7 Å². The second kappa shape index (κ2) is 9.72. The average molecular weight is 390 g/mol. The van der Waals surface area contributed by atoms with Crippen molar-refractivity contribution in [3.05, 3.63) is 60.2 Å². The van der Waals surface area contributed by atoms with Crippen LogP contribution in [-0.2, 0) is 25.8 Å². The standard InChI is InChI=1S/C19H22N2O5S/c1-26-17-9-7-15(8-10-17)11-12-20-18(22)13-27(24,25)14-19(23)21-16-5-3-2-4-6-16/h2-10H,11-14H2,1H3,(H,20,22)(H,21,23). The number of anilines is 1. The molecule has 8 heteroatoms. The van der Waals surface area contributed by atoms with Crippen LogP contribution in [0.25, 0.3) is 0 Å². The van der Waals surface area contributed by atoms with Gasteiger partial charge in [-0.05, 0) is 36.2 Å². The minimum absolute atomic E-state index is 0.302. The summed E-state index contributed by atoms with van der Waals surface area (Å²) in [5.74, 6) is -2.03. The summed E-state index contributed by atoms with van der Waals surface area (Å²) in [5, 5.41) is 5.04. The van der Waals surface area contributed by atoms with Gasteiger partial charge in [-0.2, -0.15) is 0 Å².